The number of rotatable bonds is 18. The third-order valence-corrected chi connectivity index (χ3v) is 5.56. The van der Waals surface area contributed by atoms with E-state index in [1.807, 2.05) is 0 Å². The summed E-state index contributed by atoms with van der Waals surface area (Å²) in [5.41, 5.74) is -5.32. The summed E-state index contributed by atoms with van der Waals surface area (Å²) in [6.45, 7) is 1.85. The Bertz CT molecular complexity index is 409. The van der Waals surface area contributed by atoms with Gasteiger partial charge in [0.2, 0.25) is 0 Å². The highest BCUT2D eigenvalue weighted by molar-refractivity contribution is 7.87. The quantitative estimate of drug-likeness (QED) is 0.139. The molecule has 0 aliphatic heterocycles. The molecule has 0 N–H and O–H groups in total. The Morgan fingerprint density at radius 1 is 0.615 bits per heavy atom. The zero-order valence-corrected chi connectivity index (χ0v) is 17.1. The zero-order valence-electron chi connectivity index (χ0n) is 16.3. The van der Waals surface area contributed by atoms with E-state index in [4.69, 9.17) is 0 Å². The lowest BCUT2D eigenvalue weighted by molar-refractivity contribution is -0.0542. The molecule has 0 saturated carbocycles. The van der Waals surface area contributed by atoms with Crippen LogP contribution in [0, 0.1) is 0 Å². The van der Waals surface area contributed by atoms with Gasteiger partial charge in [-0.1, -0.05) is 103 Å². The monoisotopic (exact) mass is 402 g/mol. The van der Waals surface area contributed by atoms with Gasteiger partial charge in [-0.2, -0.15) is 21.6 Å². The van der Waals surface area contributed by atoms with Gasteiger partial charge in [0.15, 0.2) is 0 Å². The summed E-state index contributed by atoms with van der Waals surface area (Å²) in [7, 11) is -5.42. The van der Waals surface area contributed by atoms with Crippen molar-refractivity contribution in [2.75, 3.05) is 6.61 Å². The Labute approximate surface area is 158 Å². The molecule has 0 aliphatic rings. The average molecular weight is 403 g/mol. The molecule has 0 heterocycles. The molecule has 0 unspecified atom stereocenters. The van der Waals surface area contributed by atoms with Gasteiger partial charge in [-0.25, -0.2) is 0 Å². The Hall–Kier alpha value is -0.300. The molecule has 0 aromatic rings. The minimum atomic E-state index is -5.42. The summed E-state index contributed by atoms with van der Waals surface area (Å²) >= 11 is 0. The first-order valence-electron chi connectivity index (χ1n) is 10.3. The summed E-state index contributed by atoms with van der Waals surface area (Å²) in [6.07, 6.45) is 18.7. The van der Waals surface area contributed by atoms with Crippen molar-refractivity contribution in [3.8, 4) is 0 Å². The van der Waals surface area contributed by atoms with E-state index < -0.39 is 15.6 Å². The second kappa shape index (κ2) is 15.7. The fourth-order valence-electron chi connectivity index (χ4n) is 2.89. The van der Waals surface area contributed by atoms with Gasteiger partial charge < -0.3 is 0 Å². The highest BCUT2D eigenvalue weighted by atomic mass is 32.2. The van der Waals surface area contributed by atoms with E-state index in [0.29, 0.717) is 12.8 Å². The molecule has 0 radical (unpaired) electrons. The molecule has 7 heteroatoms. The molecule has 0 fully saturated rings. The van der Waals surface area contributed by atoms with Crippen LogP contribution < -0.4 is 0 Å². The molecule has 26 heavy (non-hydrogen) atoms. The first-order chi connectivity index (χ1) is 12.3. The van der Waals surface area contributed by atoms with Crippen LogP contribution in [0.5, 0.6) is 0 Å². The van der Waals surface area contributed by atoms with E-state index in [1.54, 1.807) is 0 Å². The minimum absolute atomic E-state index is 0.341. The van der Waals surface area contributed by atoms with Gasteiger partial charge in [0.25, 0.3) is 0 Å². The van der Waals surface area contributed by atoms with Gasteiger partial charge in [0, 0.05) is 0 Å². The number of alkyl halides is 3. The van der Waals surface area contributed by atoms with Gasteiger partial charge in [-0.15, -0.1) is 0 Å². The second-order valence-corrected chi connectivity index (χ2v) is 8.63. The van der Waals surface area contributed by atoms with Crippen LogP contribution in [0.2, 0.25) is 0 Å². The SMILES string of the molecule is CCCCCCCCCCCCCCCCCCOS(=O)(=O)C(F)(F)F. The van der Waals surface area contributed by atoms with E-state index in [1.165, 1.54) is 70.6 Å². The number of hydrogen-bond acceptors (Lipinski definition) is 3. The van der Waals surface area contributed by atoms with Crippen LogP contribution in [0.3, 0.4) is 0 Å². The van der Waals surface area contributed by atoms with Crippen molar-refractivity contribution in [3.63, 3.8) is 0 Å². The van der Waals surface area contributed by atoms with Crippen molar-refractivity contribution >= 4 is 10.1 Å². The second-order valence-electron chi connectivity index (χ2n) is 7.03. The molecule has 0 bridgehead atoms. The Balaban J connectivity index is 3.23. The van der Waals surface area contributed by atoms with Gasteiger partial charge in [0.1, 0.15) is 0 Å². The maximum Gasteiger partial charge on any atom is 0.523 e. The molecule has 0 amide bonds. The van der Waals surface area contributed by atoms with Crippen LogP contribution >= 0.6 is 0 Å². The predicted molar refractivity (Wildman–Crippen MR) is 100 cm³/mol. The third-order valence-electron chi connectivity index (χ3n) is 4.52. The molecule has 158 valence electrons. The highest BCUT2D eigenvalue weighted by Gasteiger charge is 2.47. The molecule has 3 nitrogen and oxygen atoms in total. The van der Waals surface area contributed by atoms with Crippen molar-refractivity contribution in [3.05, 3.63) is 0 Å². The van der Waals surface area contributed by atoms with Crippen LogP contribution in [0.4, 0.5) is 13.2 Å². The lowest BCUT2D eigenvalue weighted by Crippen LogP contribution is -2.25. The van der Waals surface area contributed by atoms with E-state index in [0.717, 1.165) is 19.3 Å². The van der Waals surface area contributed by atoms with Gasteiger partial charge in [0.05, 0.1) is 6.61 Å². The van der Waals surface area contributed by atoms with Crippen LogP contribution in [-0.4, -0.2) is 20.5 Å². The molecule has 0 aromatic heterocycles. The molecule has 0 atom stereocenters. The summed E-state index contributed by atoms with van der Waals surface area (Å²) in [5, 5.41) is 0. The third kappa shape index (κ3) is 14.8. The summed E-state index contributed by atoms with van der Waals surface area (Å²) in [5.74, 6) is 0. The van der Waals surface area contributed by atoms with Gasteiger partial charge in [-0.05, 0) is 6.42 Å². The van der Waals surface area contributed by atoms with E-state index in [-0.39, 0.29) is 6.61 Å². The Kier molecular flexibility index (Phi) is 15.5. The van der Waals surface area contributed by atoms with Crippen molar-refractivity contribution in [1.29, 1.82) is 0 Å². The number of halogens is 3. The molecule has 0 saturated heterocycles. The summed E-state index contributed by atoms with van der Waals surface area (Å²) < 4.78 is 61.4. The summed E-state index contributed by atoms with van der Waals surface area (Å²) in [4.78, 5) is 0. The molecule has 0 spiro atoms. The molecule has 0 rings (SSSR count). The zero-order chi connectivity index (χ0) is 19.7. The Morgan fingerprint density at radius 2 is 0.923 bits per heavy atom. The van der Waals surface area contributed by atoms with Crippen molar-refractivity contribution in [2.45, 2.75) is 115 Å². The topological polar surface area (TPSA) is 43.4 Å². The van der Waals surface area contributed by atoms with Crippen molar-refractivity contribution in [1.82, 2.24) is 0 Å². The van der Waals surface area contributed by atoms with Gasteiger partial charge in [-0.3, -0.25) is 4.18 Å². The fourth-order valence-corrected chi connectivity index (χ4v) is 3.36. The molecule has 0 aliphatic carbocycles. The number of unbranched alkanes of at least 4 members (excludes halogenated alkanes) is 15. The van der Waals surface area contributed by atoms with Crippen LogP contribution in [0.1, 0.15) is 110 Å². The van der Waals surface area contributed by atoms with Crippen molar-refractivity contribution in [2.24, 2.45) is 0 Å². The lowest BCUT2D eigenvalue weighted by atomic mass is 10.0. The highest BCUT2D eigenvalue weighted by Crippen LogP contribution is 2.24. The molecule has 0 aromatic carbocycles. The van der Waals surface area contributed by atoms with Crippen LogP contribution in [0.25, 0.3) is 0 Å². The van der Waals surface area contributed by atoms with Gasteiger partial charge >= 0.3 is 15.6 Å². The molecular formula is C19H37F3O3S. The minimum Gasteiger partial charge on any atom is -0.263 e. The standard InChI is InChI=1S/C19H37F3O3S/c1-2-3-4-5-6-7-8-9-10-11-12-13-14-15-16-17-18-25-26(23,24)19(20,21)22/h2-18H2,1H3. The van der Waals surface area contributed by atoms with E-state index in [9.17, 15) is 21.6 Å². The fraction of sp³-hybridized carbons (Fsp3) is 1.00. The van der Waals surface area contributed by atoms with E-state index >= 15 is 0 Å². The van der Waals surface area contributed by atoms with Crippen LogP contribution in [0.15, 0.2) is 0 Å². The van der Waals surface area contributed by atoms with E-state index in [2.05, 4.69) is 11.1 Å². The maximum absolute atomic E-state index is 12.0. The number of hydrogen-bond donors (Lipinski definition) is 0. The van der Waals surface area contributed by atoms with Crippen LogP contribution in [-0.2, 0) is 14.3 Å². The van der Waals surface area contributed by atoms with Crippen molar-refractivity contribution < 1.29 is 25.8 Å². The lowest BCUT2D eigenvalue weighted by Gasteiger charge is -2.08. The average Bonchev–Trinajstić information content (AvgIpc) is 2.56. The first kappa shape index (κ1) is 25.7. The Morgan fingerprint density at radius 3 is 1.23 bits per heavy atom. The molecular weight excluding hydrogens is 365 g/mol. The normalized spacial score (nSPS) is 12.6. The maximum atomic E-state index is 12.0. The summed E-state index contributed by atoms with van der Waals surface area (Å²) in [6, 6.07) is 0. The first-order valence-corrected chi connectivity index (χ1v) is 11.7. The largest absolute Gasteiger partial charge is 0.523 e. The predicted octanol–water partition coefficient (Wildman–Crippen LogP) is 7.11. The smallest absolute Gasteiger partial charge is 0.263 e.